The molecule has 0 saturated carbocycles. The summed E-state index contributed by atoms with van der Waals surface area (Å²) in [7, 11) is -2.32. The largest absolute Gasteiger partial charge is 0.378 e. The number of hydrogen-bond donors (Lipinski definition) is 2. The van der Waals surface area contributed by atoms with Gasteiger partial charge in [-0.05, 0) is 37.5 Å². The average Bonchev–Trinajstić information content (AvgIpc) is 3.30. The molecular weight excluding hydrogens is 471 g/mol. The molecule has 0 spiro atoms. The van der Waals surface area contributed by atoms with Gasteiger partial charge in [0.2, 0.25) is 10.0 Å². The number of H-pyrrole nitrogens is 1. The summed E-state index contributed by atoms with van der Waals surface area (Å²) in [6.07, 6.45) is 3.39. The lowest BCUT2D eigenvalue weighted by Gasteiger charge is -2.39. The summed E-state index contributed by atoms with van der Waals surface area (Å²) < 4.78 is 74.1. The van der Waals surface area contributed by atoms with E-state index < -0.39 is 33.4 Å². The first-order valence-electron chi connectivity index (χ1n) is 10.7. The molecule has 0 aliphatic carbocycles. The van der Waals surface area contributed by atoms with Crippen molar-refractivity contribution in [2.75, 3.05) is 25.5 Å². The topological polar surface area (TPSA) is 91.5 Å². The lowest BCUT2D eigenvalue weighted by atomic mass is 9.90. The molecule has 182 valence electrons. The molecule has 34 heavy (non-hydrogen) atoms. The van der Waals surface area contributed by atoms with E-state index in [0.29, 0.717) is 35.9 Å². The highest BCUT2D eigenvalue weighted by Gasteiger charge is 2.38. The summed E-state index contributed by atoms with van der Waals surface area (Å²) in [5.74, 6) is -5.36. The van der Waals surface area contributed by atoms with Crippen molar-refractivity contribution in [2.45, 2.75) is 36.7 Å². The Hall–Kier alpha value is -2.89. The predicted octanol–water partition coefficient (Wildman–Crippen LogP) is 4.42. The molecule has 1 fully saturated rings. The number of methoxy groups -OCH3 is 1. The first-order chi connectivity index (χ1) is 16.1. The molecule has 7 nitrogen and oxygen atoms in total. The van der Waals surface area contributed by atoms with Crippen molar-refractivity contribution in [3.05, 3.63) is 59.5 Å². The lowest BCUT2D eigenvalue weighted by Crippen LogP contribution is -2.47. The Morgan fingerprint density at radius 3 is 2.38 bits per heavy atom. The third-order valence-electron chi connectivity index (χ3n) is 6.48. The first-order valence-corrected chi connectivity index (χ1v) is 12.2. The highest BCUT2D eigenvalue weighted by Crippen LogP contribution is 2.33. The van der Waals surface area contributed by atoms with Gasteiger partial charge in [0.05, 0.1) is 16.1 Å². The van der Waals surface area contributed by atoms with Crippen LogP contribution in [0.4, 0.5) is 18.9 Å². The van der Waals surface area contributed by atoms with Crippen LogP contribution in [0, 0.1) is 17.5 Å². The minimum absolute atomic E-state index is 0.0146. The van der Waals surface area contributed by atoms with Crippen LogP contribution in [0.5, 0.6) is 0 Å². The van der Waals surface area contributed by atoms with Crippen molar-refractivity contribution in [1.82, 2.24) is 9.29 Å². The van der Waals surface area contributed by atoms with Gasteiger partial charge in [-0.25, -0.2) is 21.6 Å². The fourth-order valence-electron chi connectivity index (χ4n) is 4.29. The number of aromatic amines is 1. The summed E-state index contributed by atoms with van der Waals surface area (Å²) in [6.45, 7) is 2.53. The van der Waals surface area contributed by atoms with Crippen LogP contribution in [0.15, 0.2) is 41.4 Å². The van der Waals surface area contributed by atoms with E-state index in [2.05, 4.69) is 10.3 Å². The summed E-state index contributed by atoms with van der Waals surface area (Å²) in [5.41, 5.74) is -0.274. The molecule has 0 radical (unpaired) electrons. The van der Waals surface area contributed by atoms with Gasteiger partial charge >= 0.3 is 0 Å². The molecule has 11 heteroatoms. The van der Waals surface area contributed by atoms with Crippen LogP contribution in [-0.2, 0) is 14.8 Å². The van der Waals surface area contributed by atoms with E-state index in [0.717, 1.165) is 6.42 Å². The highest BCUT2D eigenvalue weighted by molar-refractivity contribution is 7.89. The van der Waals surface area contributed by atoms with Crippen molar-refractivity contribution in [3.63, 3.8) is 0 Å². The number of anilines is 1. The second-order valence-electron chi connectivity index (χ2n) is 8.26. The van der Waals surface area contributed by atoms with Gasteiger partial charge in [-0.3, -0.25) is 4.79 Å². The van der Waals surface area contributed by atoms with Crippen molar-refractivity contribution in [1.29, 1.82) is 0 Å². The Kier molecular flexibility index (Phi) is 6.45. The van der Waals surface area contributed by atoms with Crippen molar-refractivity contribution in [3.8, 4) is 0 Å². The Bertz CT molecular complexity index is 1320. The van der Waals surface area contributed by atoms with Gasteiger partial charge in [0.25, 0.3) is 5.91 Å². The second kappa shape index (κ2) is 9.05. The van der Waals surface area contributed by atoms with Crippen LogP contribution >= 0.6 is 0 Å². The van der Waals surface area contributed by atoms with E-state index in [1.165, 1.54) is 16.4 Å². The number of piperidine rings is 1. The van der Waals surface area contributed by atoms with Crippen molar-refractivity contribution >= 4 is 32.5 Å². The number of carbonyl (C=O) groups is 1. The van der Waals surface area contributed by atoms with Crippen molar-refractivity contribution < 1.29 is 31.1 Å². The van der Waals surface area contributed by atoms with Crippen LogP contribution in [-0.4, -0.2) is 49.4 Å². The number of rotatable bonds is 6. The maximum atomic E-state index is 13.6. The SMILES string of the molecule is CCC1(OC)CCN(S(=O)(=O)c2cc(C(=O)Nc3cc(F)c(F)c(F)c3)c3cc[nH]c3c2)CC1. The van der Waals surface area contributed by atoms with Gasteiger partial charge in [0, 0.05) is 55.1 Å². The molecule has 0 bridgehead atoms. The van der Waals surface area contributed by atoms with Crippen LogP contribution in [0.3, 0.4) is 0 Å². The van der Waals surface area contributed by atoms with Gasteiger partial charge in [-0.1, -0.05) is 6.92 Å². The first kappa shape index (κ1) is 24.2. The van der Waals surface area contributed by atoms with Gasteiger partial charge in [-0.2, -0.15) is 4.31 Å². The minimum atomic E-state index is -3.94. The second-order valence-corrected chi connectivity index (χ2v) is 10.2. The zero-order valence-corrected chi connectivity index (χ0v) is 19.4. The molecule has 2 heterocycles. The highest BCUT2D eigenvalue weighted by atomic mass is 32.2. The third kappa shape index (κ3) is 4.30. The number of carbonyl (C=O) groups excluding carboxylic acids is 1. The molecule has 1 aliphatic rings. The summed E-state index contributed by atoms with van der Waals surface area (Å²) in [6, 6.07) is 5.55. The molecule has 2 aromatic carbocycles. The predicted molar refractivity (Wildman–Crippen MR) is 121 cm³/mol. The molecule has 4 rings (SSSR count). The van der Waals surface area contributed by atoms with E-state index in [-0.39, 0.29) is 34.8 Å². The van der Waals surface area contributed by atoms with Crippen LogP contribution in [0.25, 0.3) is 10.9 Å². The number of aromatic nitrogens is 1. The molecule has 0 unspecified atom stereocenters. The smallest absolute Gasteiger partial charge is 0.256 e. The summed E-state index contributed by atoms with van der Waals surface area (Å²) in [5, 5.41) is 2.73. The number of fused-ring (bicyclic) bond motifs is 1. The van der Waals surface area contributed by atoms with Gasteiger partial charge < -0.3 is 15.0 Å². The molecule has 1 amide bonds. The van der Waals surface area contributed by atoms with E-state index in [1.807, 2.05) is 6.92 Å². The quantitative estimate of drug-likeness (QED) is 0.496. The Labute approximate surface area is 195 Å². The zero-order valence-electron chi connectivity index (χ0n) is 18.6. The number of benzene rings is 2. The van der Waals surface area contributed by atoms with E-state index >= 15 is 0 Å². The fraction of sp³-hybridized carbons (Fsp3) is 0.348. The van der Waals surface area contributed by atoms with E-state index in [4.69, 9.17) is 4.74 Å². The molecule has 1 aliphatic heterocycles. The van der Waals surface area contributed by atoms with Crippen molar-refractivity contribution in [2.24, 2.45) is 0 Å². The summed E-state index contributed by atoms with van der Waals surface area (Å²) in [4.78, 5) is 15.8. The Morgan fingerprint density at radius 1 is 1.15 bits per heavy atom. The van der Waals surface area contributed by atoms with Crippen LogP contribution in [0.1, 0.15) is 36.5 Å². The monoisotopic (exact) mass is 495 g/mol. The Morgan fingerprint density at radius 2 is 1.79 bits per heavy atom. The number of nitrogens with one attached hydrogen (secondary N) is 2. The maximum Gasteiger partial charge on any atom is 0.256 e. The lowest BCUT2D eigenvalue weighted by molar-refractivity contribution is -0.0478. The number of ether oxygens (including phenoxy) is 1. The number of sulfonamides is 1. The zero-order chi connectivity index (χ0) is 24.7. The van der Waals surface area contributed by atoms with E-state index in [1.54, 1.807) is 19.4 Å². The fourth-order valence-corrected chi connectivity index (χ4v) is 5.78. The molecule has 0 atom stereocenters. The van der Waals surface area contributed by atoms with Gasteiger partial charge in [0.1, 0.15) is 0 Å². The molecular formula is C23H24F3N3O4S. The minimum Gasteiger partial charge on any atom is -0.378 e. The van der Waals surface area contributed by atoms with Gasteiger partial charge in [0.15, 0.2) is 17.5 Å². The standard InChI is InChI=1S/C23H24F3N3O4S/c1-3-23(33-2)5-8-29(9-6-23)34(31,32)15-12-17(16-4-7-27-20(16)13-15)22(30)28-14-10-18(24)21(26)19(25)11-14/h4,7,10-13,27H,3,5-6,8-9H2,1-2H3,(H,28,30). The molecule has 2 N–H and O–H groups in total. The maximum absolute atomic E-state index is 13.6. The molecule has 1 saturated heterocycles. The molecule has 1 aromatic heterocycles. The number of halogens is 3. The average molecular weight is 496 g/mol. The van der Waals surface area contributed by atoms with Gasteiger partial charge in [-0.15, -0.1) is 0 Å². The van der Waals surface area contributed by atoms with Crippen LogP contribution in [0.2, 0.25) is 0 Å². The Balaban J connectivity index is 1.67. The summed E-state index contributed by atoms with van der Waals surface area (Å²) >= 11 is 0. The number of nitrogens with zero attached hydrogens (tertiary/aromatic N) is 1. The third-order valence-corrected chi connectivity index (χ3v) is 8.35. The normalized spacial score (nSPS) is 16.6. The van der Waals surface area contributed by atoms with E-state index in [9.17, 15) is 26.4 Å². The number of amides is 1. The van der Waals surface area contributed by atoms with Crippen LogP contribution < -0.4 is 5.32 Å². The molecule has 3 aromatic rings. The number of hydrogen-bond acceptors (Lipinski definition) is 4.